The van der Waals surface area contributed by atoms with E-state index in [9.17, 15) is 0 Å². The molecule has 0 saturated carbocycles. The fraction of sp³-hybridized carbons (Fsp3) is 0.286. The standard InChI is InChI=1S/C14H17NS/c1-11(14-8-5-9-16-14)13(15)10-12-6-3-2-4-7-12/h2-9,11,13H,10,15H2,1H3. The highest BCUT2D eigenvalue weighted by atomic mass is 32.1. The quantitative estimate of drug-likeness (QED) is 0.857. The number of benzene rings is 1. The normalized spacial score (nSPS) is 14.6. The Morgan fingerprint density at radius 3 is 2.50 bits per heavy atom. The molecule has 0 saturated heterocycles. The van der Waals surface area contributed by atoms with Crippen molar-refractivity contribution in [2.45, 2.75) is 25.3 Å². The Bertz CT molecular complexity index is 408. The molecule has 0 aliphatic carbocycles. The minimum absolute atomic E-state index is 0.195. The van der Waals surface area contributed by atoms with Crippen LogP contribution in [0.3, 0.4) is 0 Å². The van der Waals surface area contributed by atoms with Crippen LogP contribution in [-0.4, -0.2) is 6.04 Å². The van der Waals surface area contributed by atoms with Crippen LogP contribution in [0.5, 0.6) is 0 Å². The monoisotopic (exact) mass is 231 g/mol. The Labute approximate surface area is 101 Å². The molecular weight excluding hydrogens is 214 g/mol. The summed E-state index contributed by atoms with van der Waals surface area (Å²) in [5.74, 6) is 0.431. The summed E-state index contributed by atoms with van der Waals surface area (Å²) in [5, 5.41) is 2.11. The third-order valence-corrected chi connectivity index (χ3v) is 4.02. The van der Waals surface area contributed by atoms with Crippen LogP contribution >= 0.6 is 11.3 Å². The van der Waals surface area contributed by atoms with E-state index in [0.717, 1.165) is 6.42 Å². The summed E-state index contributed by atoms with van der Waals surface area (Å²) >= 11 is 1.79. The number of hydrogen-bond acceptors (Lipinski definition) is 2. The SMILES string of the molecule is CC(c1cccs1)C(N)Cc1ccccc1. The molecule has 16 heavy (non-hydrogen) atoms. The summed E-state index contributed by atoms with van der Waals surface area (Å²) in [5.41, 5.74) is 7.57. The van der Waals surface area contributed by atoms with E-state index < -0.39 is 0 Å². The zero-order valence-electron chi connectivity index (χ0n) is 9.47. The van der Waals surface area contributed by atoms with Gasteiger partial charge in [-0.05, 0) is 23.4 Å². The van der Waals surface area contributed by atoms with Crippen molar-refractivity contribution in [3.05, 3.63) is 58.3 Å². The van der Waals surface area contributed by atoms with Crippen molar-refractivity contribution in [2.24, 2.45) is 5.73 Å². The number of nitrogens with two attached hydrogens (primary N) is 1. The van der Waals surface area contributed by atoms with Crippen LogP contribution in [0.1, 0.15) is 23.3 Å². The lowest BCUT2D eigenvalue weighted by atomic mass is 9.95. The van der Waals surface area contributed by atoms with Crippen LogP contribution in [0, 0.1) is 0 Å². The molecule has 0 bridgehead atoms. The van der Waals surface area contributed by atoms with Gasteiger partial charge in [0.1, 0.15) is 0 Å². The fourth-order valence-corrected chi connectivity index (χ4v) is 2.69. The Hall–Kier alpha value is -1.12. The zero-order chi connectivity index (χ0) is 11.4. The predicted octanol–water partition coefficient (Wildman–Crippen LogP) is 3.42. The van der Waals surface area contributed by atoms with Gasteiger partial charge in [-0.2, -0.15) is 0 Å². The summed E-state index contributed by atoms with van der Waals surface area (Å²) in [4.78, 5) is 1.38. The maximum atomic E-state index is 6.25. The van der Waals surface area contributed by atoms with Crippen molar-refractivity contribution in [3.8, 4) is 0 Å². The Morgan fingerprint density at radius 1 is 1.12 bits per heavy atom. The molecular formula is C14H17NS. The van der Waals surface area contributed by atoms with Crippen molar-refractivity contribution in [1.29, 1.82) is 0 Å². The second kappa shape index (κ2) is 5.28. The largest absolute Gasteiger partial charge is 0.327 e. The molecule has 2 rings (SSSR count). The smallest absolute Gasteiger partial charge is 0.0154 e. The lowest BCUT2D eigenvalue weighted by Gasteiger charge is -2.18. The molecule has 2 unspecified atom stereocenters. The first kappa shape index (κ1) is 11.4. The average molecular weight is 231 g/mol. The Balaban J connectivity index is 2.01. The summed E-state index contributed by atoms with van der Waals surface area (Å²) in [6.07, 6.45) is 0.944. The third kappa shape index (κ3) is 2.71. The van der Waals surface area contributed by atoms with Crippen LogP contribution in [0.2, 0.25) is 0 Å². The molecule has 2 atom stereocenters. The molecule has 0 aliphatic heterocycles. The van der Waals surface area contributed by atoms with E-state index in [1.165, 1.54) is 10.4 Å². The number of rotatable bonds is 4. The van der Waals surface area contributed by atoms with E-state index in [1.807, 2.05) is 6.07 Å². The molecule has 1 aromatic heterocycles. The van der Waals surface area contributed by atoms with Crippen molar-refractivity contribution in [3.63, 3.8) is 0 Å². The molecule has 1 heterocycles. The molecule has 1 nitrogen and oxygen atoms in total. The van der Waals surface area contributed by atoms with Gasteiger partial charge in [-0.1, -0.05) is 43.3 Å². The predicted molar refractivity (Wildman–Crippen MR) is 70.9 cm³/mol. The molecule has 0 aliphatic rings. The Morgan fingerprint density at radius 2 is 1.88 bits per heavy atom. The van der Waals surface area contributed by atoms with Crippen molar-refractivity contribution >= 4 is 11.3 Å². The minimum atomic E-state index is 0.195. The van der Waals surface area contributed by atoms with Gasteiger partial charge in [-0.15, -0.1) is 11.3 Å². The average Bonchev–Trinajstić information content (AvgIpc) is 2.83. The molecule has 0 amide bonds. The molecule has 84 valence electrons. The van der Waals surface area contributed by atoms with E-state index in [2.05, 4.69) is 48.7 Å². The van der Waals surface area contributed by atoms with E-state index >= 15 is 0 Å². The highest BCUT2D eigenvalue weighted by Gasteiger charge is 2.15. The van der Waals surface area contributed by atoms with E-state index in [-0.39, 0.29) is 6.04 Å². The van der Waals surface area contributed by atoms with Crippen molar-refractivity contribution in [1.82, 2.24) is 0 Å². The summed E-state index contributed by atoms with van der Waals surface area (Å²) in [7, 11) is 0. The minimum Gasteiger partial charge on any atom is -0.327 e. The molecule has 2 heteroatoms. The molecule has 0 fully saturated rings. The van der Waals surface area contributed by atoms with Gasteiger partial charge in [0.15, 0.2) is 0 Å². The van der Waals surface area contributed by atoms with Crippen LogP contribution in [-0.2, 0) is 6.42 Å². The lowest BCUT2D eigenvalue weighted by molar-refractivity contribution is 0.571. The van der Waals surface area contributed by atoms with Gasteiger partial charge in [0, 0.05) is 16.8 Å². The summed E-state index contributed by atoms with van der Waals surface area (Å²) in [6.45, 7) is 2.21. The highest BCUT2D eigenvalue weighted by Crippen LogP contribution is 2.24. The van der Waals surface area contributed by atoms with Gasteiger partial charge in [0.05, 0.1) is 0 Å². The lowest BCUT2D eigenvalue weighted by Crippen LogP contribution is -2.28. The van der Waals surface area contributed by atoms with Gasteiger partial charge in [0.2, 0.25) is 0 Å². The van der Waals surface area contributed by atoms with Gasteiger partial charge < -0.3 is 5.73 Å². The molecule has 0 radical (unpaired) electrons. The second-order valence-electron chi connectivity index (χ2n) is 4.16. The van der Waals surface area contributed by atoms with Crippen LogP contribution in [0.25, 0.3) is 0 Å². The van der Waals surface area contributed by atoms with Crippen LogP contribution < -0.4 is 5.73 Å². The highest BCUT2D eigenvalue weighted by molar-refractivity contribution is 7.10. The fourth-order valence-electron chi connectivity index (χ4n) is 1.82. The number of hydrogen-bond donors (Lipinski definition) is 1. The van der Waals surface area contributed by atoms with Crippen molar-refractivity contribution < 1.29 is 0 Å². The van der Waals surface area contributed by atoms with Crippen LogP contribution in [0.4, 0.5) is 0 Å². The van der Waals surface area contributed by atoms with Crippen molar-refractivity contribution in [2.75, 3.05) is 0 Å². The van der Waals surface area contributed by atoms with E-state index in [1.54, 1.807) is 11.3 Å². The summed E-state index contributed by atoms with van der Waals surface area (Å²) in [6, 6.07) is 14.9. The second-order valence-corrected chi connectivity index (χ2v) is 5.14. The zero-order valence-corrected chi connectivity index (χ0v) is 10.3. The first-order valence-electron chi connectivity index (χ1n) is 5.60. The maximum Gasteiger partial charge on any atom is 0.0154 e. The summed E-state index contributed by atoms with van der Waals surface area (Å²) < 4.78 is 0. The molecule has 2 aromatic rings. The Kier molecular flexibility index (Phi) is 3.75. The van der Waals surface area contributed by atoms with Gasteiger partial charge in [-0.25, -0.2) is 0 Å². The van der Waals surface area contributed by atoms with E-state index in [4.69, 9.17) is 5.73 Å². The first-order valence-corrected chi connectivity index (χ1v) is 6.48. The van der Waals surface area contributed by atoms with Gasteiger partial charge in [0.25, 0.3) is 0 Å². The van der Waals surface area contributed by atoms with Crippen LogP contribution in [0.15, 0.2) is 47.8 Å². The number of thiophene rings is 1. The molecule has 2 N–H and O–H groups in total. The van der Waals surface area contributed by atoms with Gasteiger partial charge in [-0.3, -0.25) is 0 Å². The topological polar surface area (TPSA) is 26.0 Å². The van der Waals surface area contributed by atoms with Gasteiger partial charge >= 0.3 is 0 Å². The molecule has 1 aromatic carbocycles. The molecule has 0 spiro atoms. The maximum absolute atomic E-state index is 6.25. The first-order chi connectivity index (χ1) is 7.77. The third-order valence-electron chi connectivity index (χ3n) is 2.95. The van der Waals surface area contributed by atoms with E-state index in [0.29, 0.717) is 5.92 Å².